The van der Waals surface area contributed by atoms with Crippen molar-refractivity contribution in [1.29, 1.82) is 0 Å². The summed E-state index contributed by atoms with van der Waals surface area (Å²) in [5, 5.41) is 0. The van der Waals surface area contributed by atoms with Crippen molar-refractivity contribution in [3.05, 3.63) is 72.1 Å². The van der Waals surface area contributed by atoms with Crippen LogP contribution in [0.25, 0.3) is 0 Å². The molecule has 0 bridgehead atoms. The number of amides is 2. The second-order valence-electron chi connectivity index (χ2n) is 6.56. The second kappa shape index (κ2) is 7.23. The first kappa shape index (κ1) is 17.4. The van der Waals surface area contributed by atoms with Crippen molar-refractivity contribution in [1.82, 2.24) is 9.80 Å². The molecule has 2 N–H and O–H groups in total. The first-order chi connectivity index (χ1) is 12.0. The second-order valence-corrected chi connectivity index (χ2v) is 6.56. The van der Waals surface area contributed by atoms with Crippen molar-refractivity contribution < 1.29 is 9.18 Å². The number of urea groups is 1. The molecular formula is C20H24FN3O. The van der Waals surface area contributed by atoms with Gasteiger partial charge in [0.1, 0.15) is 5.82 Å². The topological polar surface area (TPSA) is 49.6 Å². The van der Waals surface area contributed by atoms with Crippen LogP contribution in [0, 0.1) is 5.82 Å². The number of nitrogens with two attached hydrogens (primary N) is 1. The Balaban J connectivity index is 2.00. The third kappa shape index (κ3) is 3.37. The lowest BCUT2D eigenvalue weighted by atomic mass is 9.88. The van der Waals surface area contributed by atoms with Gasteiger partial charge in [0.05, 0.1) is 6.04 Å². The van der Waals surface area contributed by atoms with Crippen molar-refractivity contribution in [3.8, 4) is 0 Å². The van der Waals surface area contributed by atoms with Crippen molar-refractivity contribution >= 4 is 6.03 Å². The Morgan fingerprint density at radius 1 is 1.20 bits per heavy atom. The standard InChI is InChI=1S/C20H24FN3O/c1-3-14-9-12-24(20(25)23-11-10-17(22)13-23)19(18(14)4-2)15-5-7-16(21)8-6-15/h3-8,17,19H,1-2,9-13,22H2. The van der Waals surface area contributed by atoms with Crippen LogP contribution in [0.5, 0.6) is 0 Å². The summed E-state index contributed by atoms with van der Waals surface area (Å²) >= 11 is 0. The van der Waals surface area contributed by atoms with E-state index in [1.807, 2.05) is 11.0 Å². The Hall–Kier alpha value is -2.40. The Morgan fingerprint density at radius 2 is 1.92 bits per heavy atom. The molecule has 1 fully saturated rings. The Kier molecular flexibility index (Phi) is 5.04. The minimum atomic E-state index is -0.295. The summed E-state index contributed by atoms with van der Waals surface area (Å²) in [6.07, 6.45) is 5.15. The van der Waals surface area contributed by atoms with E-state index < -0.39 is 0 Å². The summed E-state index contributed by atoms with van der Waals surface area (Å²) < 4.78 is 13.4. The van der Waals surface area contributed by atoms with Crippen LogP contribution < -0.4 is 5.73 Å². The molecule has 132 valence electrons. The Bertz CT molecular complexity index is 710. The van der Waals surface area contributed by atoms with E-state index in [1.165, 1.54) is 12.1 Å². The third-order valence-corrected chi connectivity index (χ3v) is 4.99. The van der Waals surface area contributed by atoms with Crippen molar-refractivity contribution in [2.24, 2.45) is 5.73 Å². The summed E-state index contributed by atoms with van der Waals surface area (Å²) in [5.74, 6) is -0.295. The van der Waals surface area contributed by atoms with Crippen LogP contribution >= 0.6 is 0 Å². The molecule has 2 aliphatic rings. The van der Waals surface area contributed by atoms with E-state index >= 15 is 0 Å². The van der Waals surface area contributed by atoms with Gasteiger partial charge in [0, 0.05) is 25.7 Å². The number of carbonyl (C=O) groups is 1. The normalized spacial score (nSPS) is 23.8. The van der Waals surface area contributed by atoms with Crippen LogP contribution in [-0.4, -0.2) is 41.5 Å². The lowest BCUT2D eigenvalue weighted by molar-refractivity contribution is 0.146. The Morgan fingerprint density at radius 3 is 2.48 bits per heavy atom. The molecule has 1 aromatic rings. The summed E-state index contributed by atoms with van der Waals surface area (Å²) in [4.78, 5) is 16.7. The van der Waals surface area contributed by atoms with Crippen LogP contribution in [0.3, 0.4) is 0 Å². The number of hydrogen-bond donors (Lipinski definition) is 1. The molecule has 0 aliphatic carbocycles. The molecule has 1 aromatic carbocycles. The average molecular weight is 341 g/mol. The number of rotatable bonds is 3. The molecule has 2 heterocycles. The number of benzene rings is 1. The quantitative estimate of drug-likeness (QED) is 0.916. The van der Waals surface area contributed by atoms with Gasteiger partial charge in [0.15, 0.2) is 0 Å². The summed E-state index contributed by atoms with van der Waals surface area (Å²) in [7, 11) is 0. The maximum atomic E-state index is 13.4. The highest BCUT2D eigenvalue weighted by atomic mass is 19.1. The predicted octanol–water partition coefficient (Wildman–Crippen LogP) is 3.39. The largest absolute Gasteiger partial charge is 0.326 e. The zero-order valence-corrected chi connectivity index (χ0v) is 14.3. The minimum absolute atomic E-state index is 0.0234. The smallest absolute Gasteiger partial charge is 0.320 e. The van der Waals surface area contributed by atoms with Crippen LogP contribution in [0.15, 0.2) is 60.7 Å². The molecule has 2 amide bonds. The molecule has 4 nitrogen and oxygen atoms in total. The summed E-state index contributed by atoms with van der Waals surface area (Å²) in [5.41, 5.74) is 8.85. The van der Waals surface area contributed by atoms with Gasteiger partial charge in [-0.1, -0.05) is 37.4 Å². The monoisotopic (exact) mass is 341 g/mol. The molecule has 2 aliphatic heterocycles. The number of hydrogen-bond acceptors (Lipinski definition) is 2. The van der Waals surface area contributed by atoms with E-state index in [0.29, 0.717) is 19.6 Å². The van der Waals surface area contributed by atoms with Crippen LogP contribution in [-0.2, 0) is 0 Å². The first-order valence-corrected chi connectivity index (χ1v) is 8.59. The average Bonchev–Trinajstić information content (AvgIpc) is 3.07. The molecular weight excluding hydrogens is 317 g/mol. The maximum Gasteiger partial charge on any atom is 0.320 e. The van der Waals surface area contributed by atoms with Gasteiger partial charge < -0.3 is 15.5 Å². The van der Waals surface area contributed by atoms with Crippen LogP contribution in [0.2, 0.25) is 0 Å². The van der Waals surface area contributed by atoms with Gasteiger partial charge in [0.2, 0.25) is 0 Å². The van der Waals surface area contributed by atoms with E-state index in [-0.39, 0.29) is 23.9 Å². The van der Waals surface area contributed by atoms with E-state index in [9.17, 15) is 9.18 Å². The third-order valence-electron chi connectivity index (χ3n) is 4.99. The fourth-order valence-corrected chi connectivity index (χ4v) is 3.67. The number of likely N-dealkylation sites (tertiary alicyclic amines) is 1. The molecule has 2 unspecified atom stereocenters. The SMILES string of the molecule is C=CC1=C(C=C)C(c2ccc(F)cc2)N(C(=O)N2CCC(N)C2)CC1. The van der Waals surface area contributed by atoms with Gasteiger partial charge in [-0.15, -0.1) is 0 Å². The lowest BCUT2D eigenvalue weighted by Crippen LogP contribution is -2.47. The van der Waals surface area contributed by atoms with Crippen LogP contribution in [0.1, 0.15) is 24.4 Å². The minimum Gasteiger partial charge on any atom is -0.326 e. The number of halogens is 1. The van der Waals surface area contributed by atoms with E-state index in [1.54, 1.807) is 23.1 Å². The van der Waals surface area contributed by atoms with Gasteiger partial charge in [0.25, 0.3) is 0 Å². The Labute approximate surface area is 148 Å². The first-order valence-electron chi connectivity index (χ1n) is 8.59. The summed E-state index contributed by atoms with van der Waals surface area (Å²) in [6, 6.07) is 6.03. The zero-order chi connectivity index (χ0) is 18.0. The molecule has 3 rings (SSSR count). The highest BCUT2D eigenvalue weighted by Gasteiger charge is 2.36. The van der Waals surface area contributed by atoms with E-state index in [4.69, 9.17) is 5.73 Å². The number of carbonyl (C=O) groups excluding carboxylic acids is 1. The van der Waals surface area contributed by atoms with Gasteiger partial charge in [-0.05, 0) is 41.7 Å². The van der Waals surface area contributed by atoms with Crippen LogP contribution in [0.4, 0.5) is 9.18 Å². The van der Waals surface area contributed by atoms with E-state index in [0.717, 1.165) is 29.6 Å². The zero-order valence-electron chi connectivity index (χ0n) is 14.3. The van der Waals surface area contributed by atoms with E-state index in [2.05, 4.69) is 13.2 Å². The molecule has 1 saturated heterocycles. The molecule has 0 spiro atoms. The lowest BCUT2D eigenvalue weighted by Gasteiger charge is -2.40. The van der Waals surface area contributed by atoms with Gasteiger partial charge in [-0.25, -0.2) is 9.18 Å². The fraction of sp³-hybridized carbons (Fsp3) is 0.350. The van der Waals surface area contributed by atoms with Gasteiger partial charge >= 0.3 is 6.03 Å². The molecule has 5 heteroatoms. The highest BCUT2D eigenvalue weighted by molar-refractivity contribution is 5.76. The fourth-order valence-electron chi connectivity index (χ4n) is 3.67. The van der Waals surface area contributed by atoms with Gasteiger partial charge in [-0.2, -0.15) is 0 Å². The highest BCUT2D eigenvalue weighted by Crippen LogP contribution is 2.37. The van der Waals surface area contributed by atoms with Crippen molar-refractivity contribution in [3.63, 3.8) is 0 Å². The molecule has 0 radical (unpaired) electrons. The maximum absolute atomic E-state index is 13.4. The van der Waals surface area contributed by atoms with Crippen molar-refractivity contribution in [2.75, 3.05) is 19.6 Å². The molecule has 2 atom stereocenters. The number of allylic oxidation sites excluding steroid dienone is 1. The molecule has 0 aromatic heterocycles. The summed E-state index contributed by atoms with van der Waals surface area (Å²) in [6.45, 7) is 9.65. The predicted molar refractivity (Wildman–Crippen MR) is 97.4 cm³/mol. The van der Waals surface area contributed by atoms with Gasteiger partial charge in [-0.3, -0.25) is 0 Å². The number of nitrogens with zero attached hydrogens (tertiary/aromatic N) is 2. The molecule has 0 saturated carbocycles. The molecule has 25 heavy (non-hydrogen) atoms. The van der Waals surface area contributed by atoms with Crippen molar-refractivity contribution in [2.45, 2.75) is 24.9 Å².